The molecule has 3 aromatic rings. The third-order valence-corrected chi connectivity index (χ3v) is 6.78. The van der Waals surface area contributed by atoms with Crippen molar-refractivity contribution in [2.75, 3.05) is 6.54 Å². The molecule has 4 rings (SSSR count). The minimum atomic E-state index is -0.134. The summed E-state index contributed by atoms with van der Waals surface area (Å²) < 4.78 is 6.68. The fourth-order valence-corrected chi connectivity index (χ4v) is 4.50. The minimum Gasteiger partial charge on any atom is -0.457 e. The van der Waals surface area contributed by atoms with Gasteiger partial charge in [0.15, 0.2) is 5.17 Å². The van der Waals surface area contributed by atoms with Crippen molar-refractivity contribution in [1.82, 2.24) is 4.90 Å². The molecule has 8 heteroatoms. The third-order valence-electron chi connectivity index (χ3n) is 4.55. The van der Waals surface area contributed by atoms with Crippen LogP contribution in [0.5, 0.6) is 0 Å². The maximum Gasteiger partial charge on any atom is 0.266 e. The molecular formula is C23H15BrClN3O2S. The van der Waals surface area contributed by atoms with Gasteiger partial charge in [-0.05, 0) is 77.1 Å². The molecule has 2 heterocycles. The van der Waals surface area contributed by atoms with Crippen LogP contribution in [0.2, 0.25) is 5.02 Å². The van der Waals surface area contributed by atoms with E-state index >= 15 is 0 Å². The molecule has 1 aliphatic rings. The second-order valence-electron chi connectivity index (χ2n) is 6.51. The summed E-state index contributed by atoms with van der Waals surface area (Å²) in [6.07, 6.45) is 1.70. The van der Waals surface area contributed by atoms with Crippen molar-refractivity contribution in [3.05, 3.63) is 80.3 Å². The summed E-state index contributed by atoms with van der Waals surface area (Å²) in [6, 6.07) is 18.4. The molecule has 154 valence electrons. The Kier molecular flexibility index (Phi) is 6.33. The molecule has 0 unspecified atom stereocenters. The molecule has 0 radical (unpaired) electrons. The number of hydrogen-bond donors (Lipinski definition) is 0. The number of hydrogen-bond acceptors (Lipinski definition) is 5. The van der Waals surface area contributed by atoms with Gasteiger partial charge in [0, 0.05) is 22.7 Å². The van der Waals surface area contributed by atoms with E-state index in [1.807, 2.05) is 31.2 Å². The van der Waals surface area contributed by atoms with Crippen molar-refractivity contribution in [1.29, 1.82) is 5.26 Å². The zero-order valence-electron chi connectivity index (χ0n) is 16.3. The average Bonchev–Trinajstić information content (AvgIpc) is 3.35. The number of nitrogens with zero attached hydrogens (tertiary/aromatic N) is 3. The van der Waals surface area contributed by atoms with Crippen LogP contribution in [0.4, 0.5) is 5.69 Å². The van der Waals surface area contributed by atoms with Gasteiger partial charge in [-0.25, -0.2) is 4.99 Å². The van der Waals surface area contributed by atoms with E-state index in [4.69, 9.17) is 16.0 Å². The zero-order valence-corrected chi connectivity index (χ0v) is 19.5. The second kappa shape index (κ2) is 9.15. The molecule has 1 fully saturated rings. The highest BCUT2D eigenvalue weighted by atomic mass is 79.9. The van der Waals surface area contributed by atoms with E-state index in [1.165, 1.54) is 11.8 Å². The van der Waals surface area contributed by atoms with Crippen molar-refractivity contribution in [2.45, 2.75) is 6.92 Å². The number of furan rings is 1. The Labute approximate surface area is 197 Å². The Balaban J connectivity index is 1.64. The van der Waals surface area contributed by atoms with E-state index in [9.17, 15) is 10.1 Å². The number of amidine groups is 1. The van der Waals surface area contributed by atoms with E-state index in [0.29, 0.717) is 50.0 Å². The van der Waals surface area contributed by atoms with Crippen LogP contribution < -0.4 is 0 Å². The Bertz CT molecular complexity index is 1280. The quantitative estimate of drug-likeness (QED) is 0.358. The van der Waals surface area contributed by atoms with Gasteiger partial charge in [0.1, 0.15) is 11.5 Å². The lowest BCUT2D eigenvalue weighted by Gasteiger charge is -2.12. The van der Waals surface area contributed by atoms with Crippen molar-refractivity contribution < 1.29 is 9.21 Å². The van der Waals surface area contributed by atoms with Crippen LogP contribution in [0.25, 0.3) is 17.4 Å². The molecule has 1 amide bonds. The number of halogens is 2. The number of benzene rings is 2. The number of rotatable bonds is 4. The monoisotopic (exact) mass is 511 g/mol. The van der Waals surface area contributed by atoms with Crippen molar-refractivity contribution >= 4 is 62.1 Å². The standard InChI is InChI=1S/C23H15BrClN3O2S/c1-2-28-22(29)21(31-23(28)27-15-7-9-18(24)19(25)11-15)12-16-8-10-20(30-16)17-6-4-3-5-14(17)13-26/h3-12H,2H2,1H3/b21-12-,27-23?. The Morgan fingerprint density at radius 3 is 2.81 bits per heavy atom. The van der Waals surface area contributed by atoms with Crippen LogP contribution in [0.3, 0.4) is 0 Å². The largest absolute Gasteiger partial charge is 0.457 e. The number of aliphatic imine (C=N–C) groups is 1. The van der Waals surface area contributed by atoms with Crippen LogP contribution in [0.1, 0.15) is 18.2 Å². The summed E-state index contributed by atoms with van der Waals surface area (Å²) in [5.74, 6) is 0.970. The number of carbonyl (C=O) groups is 1. The molecule has 31 heavy (non-hydrogen) atoms. The van der Waals surface area contributed by atoms with E-state index in [2.05, 4.69) is 27.0 Å². The molecule has 0 N–H and O–H groups in total. The topological polar surface area (TPSA) is 69.6 Å². The highest BCUT2D eigenvalue weighted by Crippen LogP contribution is 2.36. The van der Waals surface area contributed by atoms with Gasteiger partial charge < -0.3 is 4.42 Å². The average molecular weight is 513 g/mol. The number of likely N-dealkylation sites (N-methyl/N-ethyl adjacent to an activating group) is 1. The molecule has 0 aliphatic carbocycles. The molecule has 0 spiro atoms. The lowest BCUT2D eigenvalue weighted by Crippen LogP contribution is -2.28. The first-order valence-electron chi connectivity index (χ1n) is 9.34. The lowest BCUT2D eigenvalue weighted by atomic mass is 10.1. The molecule has 1 aromatic heterocycles. The van der Waals surface area contributed by atoms with Gasteiger partial charge in [-0.15, -0.1) is 0 Å². The third kappa shape index (κ3) is 4.47. The maximum absolute atomic E-state index is 12.9. The molecule has 1 saturated heterocycles. The predicted octanol–water partition coefficient (Wildman–Crippen LogP) is 6.86. The van der Waals surface area contributed by atoms with Crippen molar-refractivity contribution in [3.8, 4) is 17.4 Å². The number of thioether (sulfide) groups is 1. The first-order chi connectivity index (χ1) is 15.0. The summed E-state index contributed by atoms with van der Waals surface area (Å²) in [7, 11) is 0. The van der Waals surface area contributed by atoms with Crippen LogP contribution in [0, 0.1) is 11.3 Å². The molecule has 0 bridgehead atoms. The van der Waals surface area contributed by atoms with Gasteiger partial charge in [0.05, 0.1) is 27.2 Å². The number of amides is 1. The predicted molar refractivity (Wildman–Crippen MR) is 128 cm³/mol. The molecule has 0 saturated carbocycles. The highest BCUT2D eigenvalue weighted by molar-refractivity contribution is 9.10. The van der Waals surface area contributed by atoms with Gasteiger partial charge in [-0.1, -0.05) is 23.7 Å². The first-order valence-corrected chi connectivity index (χ1v) is 11.3. The fraction of sp³-hybridized carbons (Fsp3) is 0.0870. The molecule has 2 aromatic carbocycles. The molecule has 5 nitrogen and oxygen atoms in total. The van der Waals surface area contributed by atoms with E-state index in [0.717, 1.165) is 4.47 Å². The lowest BCUT2D eigenvalue weighted by molar-refractivity contribution is -0.122. The van der Waals surface area contributed by atoms with Gasteiger partial charge in [-0.3, -0.25) is 9.69 Å². The fourth-order valence-electron chi connectivity index (χ4n) is 3.04. The van der Waals surface area contributed by atoms with Crippen molar-refractivity contribution in [3.63, 3.8) is 0 Å². The van der Waals surface area contributed by atoms with E-state index in [-0.39, 0.29) is 5.91 Å². The molecule has 1 aliphatic heterocycles. The van der Waals surface area contributed by atoms with Gasteiger partial charge >= 0.3 is 0 Å². The summed E-state index contributed by atoms with van der Waals surface area (Å²) in [5.41, 5.74) is 1.91. The summed E-state index contributed by atoms with van der Waals surface area (Å²) >= 11 is 10.8. The zero-order chi connectivity index (χ0) is 22.0. The molecule has 0 atom stereocenters. The summed E-state index contributed by atoms with van der Waals surface area (Å²) in [6.45, 7) is 2.39. The van der Waals surface area contributed by atoms with Gasteiger partial charge in [0.2, 0.25) is 0 Å². The Morgan fingerprint density at radius 1 is 1.26 bits per heavy atom. The smallest absolute Gasteiger partial charge is 0.266 e. The SMILES string of the molecule is CCN1C(=O)/C(=C/c2ccc(-c3ccccc3C#N)o2)SC1=Nc1ccc(Br)c(Cl)c1. The van der Waals surface area contributed by atoms with Crippen LogP contribution in [-0.4, -0.2) is 22.5 Å². The second-order valence-corrected chi connectivity index (χ2v) is 8.78. The minimum absolute atomic E-state index is 0.134. The van der Waals surface area contributed by atoms with Gasteiger partial charge in [0.25, 0.3) is 5.91 Å². The van der Waals surface area contributed by atoms with Crippen LogP contribution in [-0.2, 0) is 4.79 Å². The number of carbonyl (C=O) groups excluding carboxylic acids is 1. The van der Waals surface area contributed by atoms with E-state index < -0.39 is 0 Å². The van der Waals surface area contributed by atoms with E-state index in [1.54, 1.807) is 41.3 Å². The molecular weight excluding hydrogens is 498 g/mol. The summed E-state index contributed by atoms with van der Waals surface area (Å²) in [4.78, 5) is 19.6. The van der Waals surface area contributed by atoms with Crippen LogP contribution in [0.15, 0.2) is 73.4 Å². The Morgan fingerprint density at radius 2 is 2.06 bits per heavy atom. The normalized spacial score (nSPS) is 16.3. The maximum atomic E-state index is 12.9. The summed E-state index contributed by atoms with van der Waals surface area (Å²) in [5, 5.41) is 10.4. The van der Waals surface area contributed by atoms with Crippen molar-refractivity contribution in [2.24, 2.45) is 4.99 Å². The number of nitriles is 1. The first kappa shape index (κ1) is 21.4. The Hall–Kier alpha value is -2.79. The highest BCUT2D eigenvalue weighted by Gasteiger charge is 2.32. The van der Waals surface area contributed by atoms with Crippen LogP contribution >= 0.6 is 39.3 Å². The van der Waals surface area contributed by atoms with Gasteiger partial charge in [-0.2, -0.15) is 5.26 Å².